The molecule has 1 aromatic carbocycles. The van der Waals surface area contributed by atoms with Gasteiger partial charge >= 0.3 is 11.9 Å². The van der Waals surface area contributed by atoms with Gasteiger partial charge in [-0.2, -0.15) is 0 Å². The second-order valence-electron chi connectivity index (χ2n) is 10.7. The van der Waals surface area contributed by atoms with E-state index in [1.807, 2.05) is 6.07 Å². The number of rotatable bonds is 5. The van der Waals surface area contributed by atoms with Gasteiger partial charge < -0.3 is 23.7 Å². The summed E-state index contributed by atoms with van der Waals surface area (Å²) in [6, 6.07) is 5.22. The van der Waals surface area contributed by atoms with Crippen molar-refractivity contribution in [3.63, 3.8) is 0 Å². The van der Waals surface area contributed by atoms with E-state index in [4.69, 9.17) is 18.6 Å². The van der Waals surface area contributed by atoms with E-state index in [0.29, 0.717) is 24.8 Å². The first-order valence-corrected chi connectivity index (χ1v) is 14.8. The first-order chi connectivity index (χ1) is 15.4. The van der Waals surface area contributed by atoms with Crippen LogP contribution in [0.3, 0.4) is 0 Å². The van der Waals surface area contributed by atoms with Crippen molar-refractivity contribution >= 4 is 20.3 Å². The van der Waals surface area contributed by atoms with Gasteiger partial charge in [-0.3, -0.25) is 4.79 Å². The fourth-order valence-electron chi connectivity index (χ4n) is 4.29. The van der Waals surface area contributed by atoms with Crippen LogP contribution in [0.4, 0.5) is 0 Å². The van der Waals surface area contributed by atoms with E-state index < -0.39 is 26.4 Å². The average molecular weight is 479 g/mol. The highest BCUT2D eigenvalue weighted by molar-refractivity contribution is 6.74. The van der Waals surface area contributed by atoms with Crippen molar-refractivity contribution in [2.45, 2.75) is 102 Å². The maximum Gasteiger partial charge on any atom is 0.342 e. The number of aliphatic hydroxyl groups is 1. The minimum Gasteiger partial charge on any atom is -0.458 e. The number of aliphatic hydroxyl groups excluding tert-OH is 1. The molecule has 0 saturated carbocycles. The van der Waals surface area contributed by atoms with E-state index >= 15 is 0 Å². The Kier molecular flexibility index (Phi) is 8.04. The number of ether oxygens (including phenoxy) is 3. The molecule has 8 heteroatoms. The van der Waals surface area contributed by atoms with Gasteiger partial charge in [0.05, 0.1) is 18.3 Å². The van der Waals surface area contributed by atoms with Crippen molar-refractivity contribution < 1.29 is 33.3 Å². The van der Waals surface area contributed by atoms with E-state index in [1.165, 1.54) is 6.92 Å². The molecule has 33 heavy (non-hydrogen) atoms. The Morgan fingerprint density at radius 2 is 1.97 bits per heavy atom. The first-order valence-electron chi connectivity index (χ1n) is 11.9. The lowest BCUT2D eigenvalue weighted by atomic mass is 9.91. The fourth-order valence-corrected chi connectivity index (χ4v) is 5.67. The number of cyclic esters (lactones) is 1. The quantitative estimate of drug-likeness (QED) is 0.381. The summed E-state index contributed by atoms with van der Waals surface area (Å²) < 4.78 is 24.4. The second kappa shape index (κ2) is 10.3. The number of fused-ring (bicyclic) bond motifs is 3. The molecule has 2 aliphatic heterocycles. The van der Waals surface area contributed by atoms with Gasteiger partial charge in [0.2, 0.25) is 0 Å². The van der Waals surface area contributed by atoms with Crippen molar-refractivity contribution in [2.75, 3.05) is 6.61 Å². The highest BCUT2D eigenvalue weighted by Gasteiger charge is 2.44. The number of hydrogen-bond donors (Lipinski definition) is 1. The van der Waals surface area contributed by atoms with Crippen molar-refractivity contribution in [1.29, 1.82) is 0 Å². The Morgan fingerprint density at radius 1 is 1.24 bits per heavy atom. The Morgan fingerprint density at radius 3 is 2.61 bits per heavy atom. The van der Waals surface area contributed by atoms with Crippen LogP contribution in [-0.2, 0) is 25.1 Å². The lowest BCUT2D eigenvalue weighted by Crippen LogP contribution is -2.51. The van der Waals surface area contributed by atoms with Crippen LogP contribution in [0, 0.1) is 0 Å². The van der Waals surface area contributed by atoms with Gasteiger partial charge in [0, 0.05) is 32.8 Å². The third-order valence-electron chi connectivity index (χ3n) is 7.05. The predicted molar refractivity (Wildman–Crippen MR) is 127 cm³/mol. The highest BCUT2D eigenvalue weighted by atomic mass is 28.4. The van der Waals surface area contributed by atoms with Crippen LogP contribution >= 0.6 is 0 Å². The zero-order chi connectivity index (χ0) is 24.4. The summed E-state index contributed by atoms with van der Waals surface area (Å²) in [5.41, 5.74) is 0.951. The minimum atomic E-state index is -2.04. The molecular formula is C25H38O7Si. The zero-order valence-electron chi connectivity index (χ0n) is 20.7. The number of benzene rings is 1. The maximum absolute atomic E-state index is 13.2. The van der Waals surface area contributed by atoms with E-state index in [9.17, 15) is 14.7 Å². The molecule has 0 amide bonds. The van der Waals surface area contributed by atoms with Gasteiger partial charge in [-0.05, 0) is 42.6 Å². The first kappa shape index (κ1) is 25.9. The number of carbonyl (C=O) groups excluding carboxylic acids is 2. The smallest absolute Gasteiger partial charge is 0.342 e. The van der Waals surface area contributed by atoms with Gasteiger partial charge in [0.1, 0.15) is 17.4 Å². The molecule has 1 saturated heterocycles. The molecule has 2 aliphatic rings. The van der Waals surface area contributed by atoms with Gasteiger partial charge in [-0.1, -0.05) is 32.9 Å². The van der Waals surface area contributed by atoms with Crippen LogP contribution in [0.1, 0.15) is 69.3 Å². The molecule has 0 aromatic heterocycles. The largest absolute Gasteiger partial charge is 0.458 e. The lowest BCUT2D eigenvalue weighted by molar-refractivity contribution is -0.131. The standard InChI is InChI=1S/C25H38O7Si/c1-16(27)29-21-9-7-8-17-14-22-20(32-33(5,6)25(2,3)4)11-10-18(30-22)15-19(12-13-26)31-24(28)23(17)21/h7-9,18-20,22,26H,10-15H2,1-6H3/t18-,19+,20+,22+/m1/s1. The molecule has 1 aromatic rings. The molecule has 0 radical (unpaired) electrons. The van der Waals surface area contributed by atoms with Gasteiger partial charge in [-0.15, -0.1) is 0 Å². The van der Waals surface area contributed by atoms with E-state index in [0.717, 1.165) is 12.8 Å². The molecule has 1 N–H and O–H groups in total. The summed E-state index contributed by atoms with van der Waals surface area (Å²) >= 11 is 0. The van der Waals surface area contributed by atoms with Gasteiger partial charge in [0.25, 0.3) is 0 Å². The number of esters is 2. The third kappa shape index (κ3) is 6.23. The Balaban J connectivity index is 2.00. The predicted octanol–water partition coefficient (Wildman–Crippen LogP) is 4.40. The monoisotopic (exact) mass is 478 g/mol. The fraction of sp³-hybridized carbons (Fsp3) is 0.680. The van der Waals surface area contributed by atoms with Crippen molar-refractivity contribution in [3.8, 4) is 5.75 Å². The highest BCUT2D eigenvalue weighted by Crippen LogP contribution is 2.40. The summed E-state index contributed by atoms with van der Waals surface area (Å²) in [5.74, 6) is -0.863. The summed E-state index contributed by atoms with van der Waals surface area (Å²) in [6.07, 6.45) is 2.10. The van der Waals surface area contributed by atoms with Crippen LogP contribution in [0.5, 0.6) is 5.75 Å². The zero-order valence-corrected chi connectivity index (χ0v) is 21.7. The molecule has 2 bridgehead atoms. The third-order valence-corrected chi connectivity index (χ3v) is 11.6. The van der Waals surface area contributed by atoms with Crippen LogP contribution in [0.15, 0.2) is 18.2 Å². The number of carbonyl (C=O) groups is 2. The molecule has 2 heterocycles. The van der Waals surface area contributed by atoms with Crippen molar-refractivity contribution in [3.05, 3.63) is 29.3 Å². The molecule has 0 spiro atoms. The molecule has 0 unspecified atom stereocenters. The van der Waals surface area contributed by atoms with E-state index in [2.05, 4.69) is 33.9 Å². The molecule has 4 atom stereocenters. The normalized spacial score (nSPS) is 26.2. The molecule has 184 valence electrons. The minimum absolute atomic E-state index is 0.0657. The van der Waals surface area contributed by atoms with Gasteiger partial charge in [-0.25, -0.2) is 4.79 Å². The summed E-state index contributed by atoms with van der Waals surface area (Å²) in [6.45, 7) is 12.3. The van der Waals surface area contributed by atoms with Crippen LogP contribution in [0.2, 0.25) is 18.1 Å². The Hall–Kier alpha value is -1.74. The molecular weight excluding hydrogens is 440 g/mol. The second-order valence-corrected chi connectivity index (χ2v) is 15.4. The number of hydrogen-bond acceptors (Lipinski definition) is 7. The molecule has 7 nitrogen and oxygen atoms in total. The van der Waals surface area contributed by atoms with Crippen LogP contribution < -0.4 is 4.74 Å². The lowest BCUT2D eigenvalue weighted by Gasteiger charge is -2.45. The summed E-state index contributed by atoms with van der Waals surface area (Å²) in [5, 5.41) is 9.58. The van der Waals surface area contributed by atoms with E-state index in [1.54, 1.807) is 12.1 Å². The summed E-state index contributed by atoms with van der Waals surface area (Å²) in [4.78, 5) is 24.9. The van der Waals surface area contributed by atoms with Crippen LogP contribution in [-0.4, -0.2) is 56.4 Å². The molecule has 1 fully saturated rings. The average Bonchev–Trinajstić information content (AvgIpc) is 2.68. The Bertz CT molecular complexity index is 861. The molecule has 0 aliphatic carbocycles. The van der Waals surface area contributed by atoms with Crippen LogP contribution in [0.25, 0.3) is 0 Å². The van der Waals surface area contributed by atoms with E-state index in [-0.39, 0.29) is 41.3 Å². The topological polar surface area (TPSA) is 91.3 Å². The van der Waals surface area contributed by atoms with Crippen molar-refractivity contribution in [1.82, 2.24) is 0 Å². The van der Waals surface area contributed by atoms with Crippen molar-refractivity contribution in [2.24, 2.45) is 0 Å². The summed E-state index contributed by atoms with van der Waals surface area (Å²) in [7, 11) is -2.04. The SMILES string of the molecule is CC(=O)Oc1cccc2c1C(=O)O[C@@H](CCO)C[C@H]1CC[C@H](O[Si](C)(C)C(C)(C)C)[C@H](C2)O1. The maximum atomic E-state index is 13.2. The Labute approximate surface area is 197 Å². The van der Waals surface area contributed by atoms with Gasteiger partial charge in [0.15, 0.2) is 8.32 Å². The molecule has 3 rings (SSSR count).